The van der Waals surface area contributed by atoms with E-state index in [1.54, 1.807) is 57.2 Å². The predicted molar refractivity (Wildman–Crippen MR) is 172 cm³/mol. The first-order chi connectivity index (χ1) is 21.8. The topological polar surface area (TPSA) is 153 Å². The molecule has 12 nitrogen and oxygen atoms in total. The first-order valence-corrected chi connectivity index (χ1v) is 15.0. The number of carbonyl (C=O) groups excluding carboxylic acids is 5. The Morgan fingerprint density at radius 2 is 1.59 bits per heavy atom. The zero-order chi connectivity index (χ0) is 33.9. The minimum atomic E-state index is -0.732. The molecule has 12 heteroatoms. The molecule has 3 amide bonds. The van der Waals surface area contributed by atoms with Crippen molar-refractivity contribution in [2.24, 2.45) is 5.92 Å². The summed E-state index contributed by atoms with van der Waals surface area (Å²) in [6.45, 7) is 9.28. The van der Waals surface area contributed by atoms with Gasteiger partial charge in [0.1, 0.15) is 18.7 Å². The number of carbonyl (C=O) groups is 5. The molecule has 0 aliphatic heterocycles. The number of nitrogens with one attached hydrogen (secondary N) is 2. The quantitative estimate of drug-likeness (QED) is 0.159. The maximum atomic E-state index is 12.8. The monoisotopic (exact) mass is 634 g/mol. The van der Waals surface area contributed by atoms with Gasteiger partial charge in [0.05, 0.1) is 24.8 Å². The summed E-state index contributed by atoms with van der Waals surface area (Å²) in [5, 5.41) is 6.00. The second kappa shape index (κ2) is 16.4. The third kappa shape index (κ3) is 10.9. The van der Waals surface area contributed by atoms with Gasteiger partial charge in [0, 0.05) is 30.2 Å². The van der Waals surface area contributed by atoms with Gasteiger partial charge < -0.3 is 24.8 Å². The molecular weight excluding hydrogens is 592 g/mol. The summed E-state index contributed by atoms with van der Waals surface area (Å²) in [5.74, 6) is -1.64. The van der Waals surface area contributed by atoms with Crippen LogP contribution in [0.5, 0.6) is 0 Å². The van der Waals surface area contributed by atoms with Crippen molar-refractivity contribution in [1.82, 2.24) is 20.5 Å². The van der Waals surface area contributed by atoms with Gasteiger partial charge >= 0.3 is 18.0 Å². The van der Waals surface area contributed by atoms with Crippen LogP contribution < -0.4 is 10.6 Å². The maximum absolute atomic E-state index is 12.8. The first kappa shape index (κ1) is 35.5. The van der Waals surface area contributed by atoms with E-state index in [0.29, 0.717) is 28.5 Å². The molecule has 2 aromatic carbocycles. The Balaban J connectivity index is 1.62. The van der Waals surface area contributed by atoms with Crippen LogP contribution in [0.3, 0.4) is 0 Å². The Labute approximate surface area is 268 Å². The molecule has 2 N–H and O–H groups in total. The molecule has 0 bridgehead atoms. The first-order valence-electron chi connectivity index (χ1n) is 15.0. The minimum Gasteiger partial charge on any atom is -0.468 e. The number of amides is 3. The fourth-order valence-corrected chi connectivity index (χ4v) is 4.25. The Hall–Kier alpha value is -5.00. The molecule has 0 aliphatic rings. The third-order valence-corrected chi connectivity index (χ3v) is 6.53. The van der Waals surface area contributed by atoms with Gasteiger partial charge in [0.2, 0.25) is 0 Å². The Morgan fingerprint density at radius 1 is 0.891 bits per heavy atom. The van der Waals surface area contributed by atoms with Crippen molar-refractivity contribution in [1.29, 1.82) is 0 Å². The number of aromatic nitrogens is 1. The van der Waals surface area contributed by atoms with E-state index >= 15 is 0 Å². The lowest BCUT2D eigenvalue weighted by Crippen LogP contribution is -2.41. The van der Waals surface area contributed by atoms with Gasteiger partial charge in [-0.3, -0.25) is 29.1 Å². The van der Waals surface area contributed by atoms with Gasteiger partial charge in [-0.15, -0.1) is 0 Å². The van der Waals surface area contributed by atoms with Gasteiger partial charge in [-0.05, 0) is 74.6 Å². The average Bonchev–Trinajstić information content (AvgIpc) is 3.02. The summed E-state index contributed by atoms with van der Waals surface area (Å²) in [4.78, 5) is 67.6. The van der Waals surface area contributed by atoms with E-state index in [1.165, 1.54) is 18.2 Å². The number of pyridine rings is 1. The molecule has 0 radical (unpaired) electrons. The number of benzene rings is 2. The predicted octanol–water partition coefficient (Wildman–Crippen LogP) is 4.36. The normalized spacial score (nSPS) is 11.1. The summed E-state index contributed by atoms with van der Waals surface area (Å²) in [6, 6.07) is 14.1. The largest absolute Gasteiger partial charge is 0.468 e. The van der Waals surface area contributed by atoms with E-state index in [2.05, 4.69) is 20.4 Å². The molecule has 3 rings (SSSR count). The summed E-state index contributed by atoms with van der Waals surface area (Å²) in [6.07, 6.45) is 1.29. The molecule has 0 saturated heterocycles. The maximum Gasteiger partial charge on any atom is 0.410 e. The van der Waals surface area contributed by atoms with Gasteiger partial charge in [-0.25, -0.2) is 4.79 Å². The van der Waals surface area contributed by atoms with Crippen molar-refractivity contribution in [3.63, 3.8) is 0 Å². The summed E-state index contributed by atoms with van der Waals surface area (Å²) in [5.41, 5.74) is 2.32. The highest BCUT2D eigenvalue weighted by atomic mass is 16.6. The number of esters is 2. The number of rotatable bonds is 13. The number of nitrogens with zero attached hydrogens (tertiary/aromatic N) is 2. The summed E-state index contributed by atoms with van der Waals surface area (Å²) < 4.78 is 15.2. The molecule has 246 valence electrons. The molecule has 0 spiro atoms. The summed E-state index contributed by atoms with van der Waals surface area (Å²) in [7, 11) is 1.25. The number of hydrogen-bond acceptors (Lipinski definition) is 9. The van der Waals surface area contributed by atoms with E-state index in [1.807, 2.05) is 26.0 Å². The zero-order valence-electron chi connectivity index (χ0n) is 27.2. The SMILES string of the molecule is COC(=O)CNC(=O)c1ccnc2ccc(-c3ccc(C(=O)NCCCN(CC(=O)OCC(C)C)C(=O)OC(C)(C)C)cc3)cc12. The fourth-order valence-electron chi connectivity index (χ4n) is 4.25. The third-order valence-electron chi connectivity index (χ3n) is 6.53. The van der Waals surface area contributed by atoms with E-state index in [-0.39, 0.29) is 44.6 Å². The molecule has 0 atom stereocenters. The van der Waals surface area contributed by atoms with Crippen LogP contribution in [0.25, 0.3) is 22.0 Å². The van der Waals surface area contributed by atoms with Crippen LogP contribution in [0, 0.1) is 5.92 Å². The molecule has 3 aromatic rings. The van der Waals surface area contributed by atoms with Crippen molar-refractivity contribution in [3.8, 4) is 11.1 Å². The molecule has 0 saturated carbocycles. The second-order valence-corrected chi connectivity index (χ2v) is 12.0. The van der Waals surface area contributed by atoms with E-state index in [0.717, 1.165) is 11.1 Å². The van der Waals surface area contributed by atoms with Crippen LogP contribution in [0.15, 0.2) is 54.7 Å². The van der Waals surface area contributed by atoms with Crippen molar-refractivity contribution >= 4 is 40.7 Å². The number of methoxy groups -OCH3 is 1. The van der Waals surface area contributed by atoms with Gasteiger partial charge in [0.15, 0.2) is 0 Å². The van der Waals surface area contributed by atoms with E-state index in [4.69, 9.17) is 9.47 Å². The van der Waals surface area contributed by atoms with Crippen LogP contribution in [-0.4, -0.2) is 85.2 Å². The van der Waals surface area contributed by atoms with Crippen LogP contribution in [0.4, 0.5) is 4.79 Å². The Morgan fingerprint density at radius 3 is 2.24 bits per heavy atom. The minimum absolute atomic E-state index is 0.166. The molecule has 0 unspecified atom stereocenters. The molecular formula is C34H42N4O8. The molecule has 0 aliphatic carbocycles. The lowest BCUT2D eigenvalue weighted by Gasteiger charge is -2.27. The van der Waals surface area contributed by atoms with Crippen LogP contribution >= 0.6 is 0 Å². The number of fused-ring (bicyclic) bond motifs is 1. The molecule has 1 heterocycles. The lowest BCUT2D eigenvalue weighted by atomic mass is 9.99. The standard InChI is InChI=1S/C34H42N4O8/c1-22(2)21-45-30(40)20-38(33(43)46-34(3,4)5)17-7-15-36-31(41)24-10-8-23(9-11-24)25-12-13-28-27(18-25)26(14-16-35-28)32(42)37-19-29(39)44-6/h8-14,16,18,22H,7,15,17,19-21H2,1-6H3,(H,36,41)(H,37,42). The fraction of sp³-hybridized carbons (Fsp3) is 0.412. The number of ether oxygens (including phenoxy) is 3. The van der Waals surface area contributed by atoms with Crippen LogP contribution in [-0.2, 0) is 23.8 Å². The van der Waals surface area contributed by atoms with Gasteiger partial charge in [-0.1, -0.05) is 32.0 Å². The van der Waals surface area contributed by atoms with Crippen molar-refractivity contribution in [2.75, 3.05) is 39.9 Å². The Bertz CT molecular complexity index is 1550. The van der Waals surface area contributed by atoms with E-state index in [9.17, 15) is 24.0 Å². The van der Waals surface area contributed by atoms with Crippen LogP contribution in [0.1, 0.15) is 61.8 Å². The van der Waals surface area contributed by atoms with Crippen molar-refractivity contribution in [2.45, 2.75) is 46.6 Å². The van der Waals surface area contributed by atoms with E-state index < -0.39 is 29.5 Å². The zero-order valence-corrected chi connectivity index (χ0v) is 27.2. The van der Waals surface area contributed by atoms with Gasteiger partial charge in [0.25, 0.3) is 11.8 Å². The molecule has 0 fully saturated rings. The summed E-state index contributed by atoms with van der Waals surface area (Å²) >= 11 is 0. The molecule has 1 aromatic heterocycles. The smallest absolute Gasteiger partial charge is 0.410 e. The highest BCUT2D eigenvalue weighted by Gasteiger charge is 2.24. The lowest BCUT2D eigenvalue weighted by molar-refractivity contribution is -0.146. The van der Waals surface area contributed by atoms with Crippen LogP contribution in [0.2, 0.25) is 0 Å². The van der Waals surface area contributed by atoms with Gasteiger partial charge in [-0.2, -0.15) is 0 Å². The average molecular weight is 635 g/mol. The van der Waals surface area contributed by atoms with Crippen molar-refractivity contribution in [3.05, 3.63) is 65.9 Å². The second-order valence-electron chi connectivity index (χ2n) is 12.0. The molecule has 46 heavy (non-hydrogen) atoms. The highest BCUT2D eigenvalue weighted by molar-refractivity contribution is 6.07. The highest BCUT2D eigenvalue weighted by Crippen LogP contribution is 2.26. The Kier molecular flexibility index (Phi) is 12.6. The number of hydrogen-bond donors (Lipinski definition) is 2. The van der Waals surface area contributed by atoms with Crippen molar-refractivity contribution < 1.29 is 38.2 Å².